The van der Waals surface area contributed by atoms with Gasteiger partial charge in [-0.1, -0.05) is 18.2 Å². The quantitative estimate of drug-likeness (QED) is 0.830. The highest BCUT2D eigenvalue weighted by Crippen LogP contribution is 2.35. The molecule has 1 heterocycles. The number of nitrogens with zero attached hydrogens (tertiary/aromatic N) is 1. The second kappa shape index (κ2) is 5.02. The fraction of sp³-hybridized carbons (Fsp3) is 0.467. The van der Waals surface area contributed by atoms with Crippen LogP contribution in [0.1, 0.15) is 20.3 Å². The molecule has 0 unspecified atom stereocenters. The number of aliphatic hydroxyl groups is 1. The average molecular weight is 247 g/mol. The Bertz CT molecular complexity index is 428. The fourth-order valence-corrected chi connectivity index (χ4v) is 2.39. The highest BCUT2D eigenvalue weighted by Gasteiger charge is 2.34. The molecule has 2 atom stereocenters. The van der Waals surface area contributed by atoms with Crippen molar-refractivity contribution in [3.63, 3.8) is 0 Å². The van der Waals surface area contributed by atoms with Gasteiger partial charge in [0.2, 0.25) is 0 Å². The summed E-state index contributed by atoms with van der Waals surface area (Å²) >= 11 is 0. The van der Waals surface area contributed by atoms with Gasteiger partial charge in [-0.2, -0.15) is 0 Å². The molecule has 0 aromatic heterocycles. The van der Waals surface area contributed by atoms with Crippen LogP contribution in [0.4, 0.5) is 5.69 Å². The second-order valence-corrected chi connectivity index (χ2v) is 5.04. The van der Waals surface area contributed by atoms with Crippen LogP contribution in [-0.2, 0) is 0 Å². The van der Waals surface area contributed by atoms with Gasteiger partial charge in [-0.25, -0.2) is 0 Å². The molecule has 2 rings (SSSR count). The summed E-state index contributed by atoms with van der Waals surface area (Å²) in [6, 6.07) is 7.98. The summed E-state index contributed by atoms with van der Waals surface area (Å²) in [6.45, 7) is 9.08. The van der Waals surface area contributed by atoms with Crippen LogP contribution >= 0.6 is 0 Å². The molecule has 1 aromatic rings. The fourth-order valence-electron chi connectivity index (χ4n) is 2.39. The first-order valence-corrected chi connectivity index (χ1v) is 6.38. The van der Waals surface area contributed by atoms with Gasteiger partial charge in [0.15, 0.2) is 0 Å². The van der Waals surface area contributed by atoms with Gasteiger partial charge in [0.05, 0.1) is 23.9 Å². The SMILES string of the molecule is C=CC[C@](C)(O)[C@@H](C)N1CCOc2ccccc21. The molecule has 0 radical (unpaired) electrons. The molecule has 0 saturated heterocycles. The molecule has 3 nitrogen and oxygen atoms in total. The molecule has 98 valence electrons. The lowest BCUT2D eigenvalue weighted by molar-refractivity contribution is 0.0366. The summed E-state index contributed by atoms with van der Waals surface area (Å²) in [6.07, 6.45) is 2.34. The molecule has 1 N–H and O–H groups in total. The zero-order valence-electron chi connectivity index (χ0n) is 11.1. The summed E-state index contributed by atoms with van der Waals surface area (Å²) in [5.41, 5.74) is 0.271. The van der Waals surface area contributed by atoms with Crippen molar-refractivity contribution in [3.05, 3.63) is 36.9 Å². The first-order chi connectivity index (χ1) is 8.56. The molecule has 1 aliphatic rings. The number of anilines is 1. The van der Waals surface area contributed by atoms with E-state index >= 15 is 0 Å². The molecule has 1 aromatic carbocycles. The van der Waals surface area contributed by atoms with Gasteiger partial charge in [-0.05, 0) is 32.4 Å². The Hall–Kier alpha value is -1.48. The van der Waals surface area contributed by atoms with E-state index in [0.29, 0.717) is 13.0 Å². The Kier molecular flexibility index (Phi) is 3.62. The van der Waals surface area contributed by atoms with Crippen molar-refractivity contribution in [2.24, 2.45) is 0 Å². The van der Waals surface area contributed by atoms with E-state index in [4.69, 9.17) is 4.74 Å². The van der Waals surface area contributed by atoms with E-state index in [1.54, 1.807) is 6.08 Å². The standard InChI is InChI=1S/C15H21NO2/c1-4-9-15(3,17)12(2)16-10-11-18-14-8-6-5-7-13(14)16/h4-8,12,17H,1,9-11H2,2-3H3/t12-,15+/m1/s1. The predicted molar refractivity (Wildman–Crippen MR) is 74.2 cm³/mol. The molecule has 18 heavy (non-hydrogen) atoms. The molecule has 0 fully saturated rings. The minimum absolute atomic E-state index is 0.0144. The van der Waals surface area contributed by atoms with Crippen molar-refractivity contribution in [1.82, 2.24) is 0 Å². The third kappa shape index (κ3) is 2.36. The van der Waals surface area contributed by atoms with Crippen LogP contribution in [0.2, 0.25) is 0 Å². The van der Waals surface area contributed by atoms with Crippen molar-refractivity contribution in [2.45, 2.75) is 31.9 Å². The van der Waals surface area contributed by atoms with Gasteiger partial charge in [0.1, 0.15) is 12.4 Å². The van der Waals surface area contributed by atoms with Crippen molar-refractivity contribution in [2.75, 3.05) is 18.1 Å². The molecule has 1 aliphatic heterocycles. The molecule has 0 spiro atoms. The maximum Gasteiger partial charge on any atom is 0.142 e. The van der Waals surface area contributed by atoms with Crippen molar-refractivity contribution < 1.29 is 9.84 Å². The maximum absolute atomic E-state index is 10.5. The topological polar surface area (TPSA) is 32.7 Å². The van der Waals surface area contributed by atoms with Crippen LogP contribution in [-0.4, -0.2) is 29.9 Å². The van der Waals surface area contributed by atoms with E-state index < -0.39 is 5.60 Å². The molecule has 0 saturated carbocycles. The summed E-state index contributed by atoms with van der Waals surface area (Å²) in [5.74, 6) is 0.894. The van der Waals surface area contributed by atoms with Crippen LogP contribution in [0, 0.1) is 0 Å². The van der Waals surface area contributed by atoms with Gasteiger partial charge in [0, 0.05) is 0 Å². The number of para-hydroxylation sites is 2. The summed E-state index contributed by atoms with van der Waals surface area (Å²) in [7, 11) is 0. The lowest BCUT2D eigenvalue weighted by Gasteiger charge is -2.42. The molecule has 0 amide bonds. The van der Waals surface area contributed by atoms with E-state index in [-0.39, 0.29) is 6.04 Å². The minimum Gasteiger partial charge on any atom is -0.490 e. The third-order valence-corrected chi connectivity index (χ3v) is 3.69. The van der Waals surface area contributed by atoms with E-state index in [1.807, 2.05) is 38.1 Å². The number of rotatable bonds is 4. The average Bonchev–Trinajstić information content (AvgIpc) is 2.37. The summed E-state index contributed by atoms with van der Waals surface area (Å²) in [4.78, 5) is 2.21. The van der Waals surface area contributed by atoms with Gasteiger partial charge < -0.3 is 14.7 Å². The lowest BCUT2D eigenvalue weighted by Crippen LogP contribution is -2.51. The van der Waals surface area contributed by atoms with Crippen LogP contribution < -0.4 is 9.64 Å². The van der Waals surface area contributed by atoms with E-state index in [2.05, 4.69) is 11.5 Å². The number of ether oxygens (including phenoxy) is 1. The Morgan fingerprint density at radius 2 is 2.28 bits per heavy atom. The zero-order valence-corrected chi connectivity index (χ0v) is 11.1. The van der Waals surface area contributed by atoms with E-state index in [1.165, 1.54) is 0 Å². The smallest absolute Gasteiger partial charge is 0.142 e. The maximum atomic E-state index is 10.5. The number of hydrogen-bond acceptors (Lipinski definition) is 3. The highest BCUT2D eigenvalue weighted by molar-refractivity contribution is 5.60. The number of benzene rings is 1. The van der Waals surface area contributed by atoms with Crippen LogP contribution in [0.25, 0.3) is 0 Å². The molecular weight excluding hydrogens is 226 g/mol. The number of fused-ring (bicyclic) bond motifs is 1. The van der Waals surface area contributed by atoms with Crippen molar-refractivity contribution in [3.8, 4) is 5.75 Å². The number of hydrogen-bond donors (Lipinski definition) is 1. The zero-order chi connectivity index (χ0) is 13.2. The van der Waals surface area contributed by atoms with Crippen molar-refractivity contribution in [1.29, 1.82) is 0 Å². The van der Waals surface area contributed by atoms with Crippen molar-refractivity contribution >= 4 is 5.69 Å². The normalized spacial score (nSPS) is 19.4. The monoisotopic (exact) mass is 247 g/mol. The van der Waals surface area contributed by atoms with Crippen LogP contribution in [0.5, 0.6) is 5.75 Å². The second-order valence-electron chi connectivity index (χ2n) is 5.04. The van der Waals surface area contributed by atoms with Gasteiger partial charge in [-0.3, -0.25) is 0 Å². The Morgan fingerprint density at radius 3 is 3.00 bits per heavy atom. The van der Waals surface area contributed by atoms with Crippen LogP contribution in [0.15, 0.2) is 36.9 Å². The van der Waals surface area contributed by atoms with E-state index in [0.717, 1.165) is 18.0 Å². The summed E-state index contributed by atoms with van der Waals surface area (Å²) < 4.78 is 5.63. The summed E-state index contributed by atoms with van der Waals surface area (Å²) in [5, 5.41) is 10.5. The predicted octanol–water partition coefficient (Wildman–Crippen LogP) is 2.60. The van der Waals surface area contributed by atoms with Crippen LogP contribution in [0.3, 0.4) is 0 Å². The van der Waals surface area contributed by atoms with Gasteiger partial charge in [-0.15, -0.1) is 6.58 Å². The highest BCUT2D eigenvalue weighted by atomic mass is 16.5. The Labute approximate surface area is 109 Å². The first-order valence-electron chi connectivity index (χ1n) is 6.38. The molecule has 0 bridgehead atoms. The van der Waals surface area contributed by atoms with E-state index in [9.17, 15) is 5.11 Å². The first kappa shape index (κ1) is 13.0. The molecular formula is C15H21NO2. The Balaban J connectivity index is 2.27. The lowest BCUT2D eigenvalue weighted by atomic mass is 9.92. The van der Waals surface area contributed by atoms with Gasteiger partial charge in [0.25, 0.3) is 0 Å². The Morgan fingerprint density at radius 1 is 1.56 bits per heavy atom. The largest absolute Gasteiger partial charge is 0.490 e. The minimum atomic E-state index is -0.786. The third-order valence-electron chi connectivity index (χ3n) is 3.69. The van der Waals surface area contributed by atoms with Gasteiger partial charge >= 0.3 is 0 Å². The molecule has 0 aliphatic carbocycles. The molecule has 3 heteroatoms.